The van der Waals surface area contributed by atoms with Crippen LogP contribution >= 0.6 is 0 Å². The molecule has 0 aromatic carbocycles. The summed E-state index contributed by atoms with van der Waals surface area (Å²) in [6.07, 6.45) is 7.05. The van der Waals surface area contributed by atoms with E-state index in [9.17, 15) is 4.79 Å². The van der Waals surface area contributed by atoms with E-state index < -0.39 is 0 Å². The third-order valence-corrected chi connectivity index (χ3v) is 2.81. The van der Waals surface area contributed by atoms with Crippen molar-refractivity contribution >= 4 is 11.6 Å². The lowest BCUT2D eigenvalue weighted by Gasteiger charge is -2.13. The lowest BCUT2D eigenvalue weighted by atomic mass is 10.1. The predicted molar refractivity (Wildman–Crippen MR) is 72.6 cm³/mol. The van der Waals surface area contributed by atoms with Gasteiger partial charge in [-0.2, -0.15) is 5.10 Å². The number of likely N-dealkylation sites (N-methyl/N-ethyl adjacent to an activating group) is 1. The number of nitrogens with zero attached hydrogens (tertiary/aromatic N) is 3. The Kier molecular flexibility index (Phi) is 4.12. The second kappa shape index (κ2) is 5.99. The zero-order valence-corrected chi connectivity index (χ0v) is 11.0. The normalized spacial score (nSPS) is 11.9. The average molecular weight is 259 g/mol. The number of hydrogen-bond acceptors (Lipinski definition) is 4. The molecule has 1 unspecified atom stereocenters. The zero-order valence-electron chi connectivity index (χ0n) is 11.0. The molecule has 6 nitrogen and oxygen atoms in total. The van der Waals surface area contributed by atoms with Crippen LogP contribution in [0, 0.1) is 0 Å². The molecule has 0 saturated carbocycles. The number of amides is 1. The minimum atomic E-state index is -0.0724. The van der Waals surface area contributed by atoms with Gasteiger partial charge in [-0.15, -0.1) is 0 Å². The molecule has 2 heterocycles. The fourth-order valence-corrected chi connectivity index (χ4v) is 1.74. The van der Waals surface area contributed by atoms with Crippen LogP contribution in [0.5, 0.6) is 0 Å². The summed E-state index contributed by atoms with van der Waals surface area (Å²) in [5, 5.41) is 10.0. The predicted octanol–water partition coefficient (Wildman–Crippen LogP) is 1.20. The molecule has 0 aliphatic heterocycles. The van der Waals surface area contributed by atoms with Crippen molar-refractivity contribution < 1.29 is 4.79 Å². The maximum atomic E-state index is 11.2. The lowest BCUT2D eigenvalue weighted by molar-refractivity contribution is -0.121. The Bertz CT molecular complexity index is 537. The molecule has 2 N–H and O–H groups in total. The number of nitrogens with one attached hydrogen (secondary N) is 2. The van der Waals surface area contributed by atoms with Crippen molar-refractivity contribution in [1.29, 1.82) is 0 Å². The van der Waals surface area contributed by atoms with Gasteiger partial charge in [-0.25, -0.2) is 0 Å². The van der Waals surface area contributed by atoms with Crippen LogP contribution in [0.4, 0.5) is 5.69 Å². The van der Waals surface area contributed by atoms with Crippen LogP contribution in [-0.2, 0) is 11.3 Å². The summed E-state index contributed by atoms with van der Waals surface area (Å²) in [4.78, 5) is 15.2. The molecule has 0 bridgehead atoms. The number of rotatable bonds is 5. The summed E-state index contributed by atoms with van der Waals surface area (Å²) < 4.78 is 1.60. The maximum Gasteiger partial charge on any atom is 0.241 e. The maximum absolute atomic E-state index is 11.2. The molecular weight excluding hydrogens is 242 g/mol. The number of aromatic nitrogens is 3. The van der Waals surface area contributed by atoms with Crippen LogP contribution in [0.2, 0.25) is 0 Å². The molecule has 0 radical (unpaired) electrons. The smallest absolute Gasteiger partial charge is 0.241 e. The van der Waals surface area contributed by atoms with E-state index in [1.54, 1.807) is 30.3 Å². The summed E-state index contributed by atoms with van der Waals surface area (Å²) >= 11 is 0. The number of anilines is 1. The van der Waals surface area contributed by atoms with Crippen molar-refractivity contribution in [2.24, 2.45) is 0 Å². The van der Waals surface area contributed by atoms with Gasteiger partial charge in [0.2, 0.25) is 5.91 Å². The SMILES string of the molecule is CNC(=O)Cn1cc(NC(C)c2ccncc2)cn1. The Morgan fingerprint density at radius 1 is 1.42 bits per heavy atom. The van der Waals surface area contributed by atoms with Crippen molar-refractivity contribution in [3.05, 3.63) is 42.5 Å². The Hall–Kier alpha value is -2.37. The molecule has 0 aliphatic carbocycles. The minimum absolute atomic E-state index is 0.0724. The quantitative estimate of drug-likeness (QED) is 0.846. The molecule has 100 valence electrons. The highest BCUT2D eigenvalue weighted by Gasteiger charge is 2.07. The van der Waals surface area contributed by atoms with E-state index in [-0.39, 0.29) is 18.5 Å². The highest BCUT2D eigenvalue weighted by molar-refractivity contribution is 5.75. The van der Waals surface area contributed by atoms with Crippen LogP contribution < -0.4 is 10.6 Å². The van der Waals surface area contributed by atoms with E-state index in [4.69, 9.17) is 0 Å². The van der Waals surface area contributed by atoms with Gasteiger partial charge in [0.1, 0.15) is 6.54 Å². The minimum Gasteiger partial charge on any atom is -0.376 e. The van der Waals surface area contributed by atoms with Gasteiger partial charge in [0.25, 0.3) is 0 Å². The first-order valence-electron chi connectivity index (χ1n) is 6.08. The highest BCUT2D eigenvalue weighted by Crippen LogP contribution is 2.17. The van der Waals surface area contributed by atoms with Crippen LogP contribution in [0.15, 0.2) is 36.9 Å². The van der Waals surface area contributed by atoms with Crippen LogP contribution in [0.3, 0.4) is 0 Å². The van der Waals surface area contributed by atoms with Crippen LogP contribution in [-0.4, -0.2) is 27.7 Å². The van der Waals surface area contributed by atoms with Crippen molar-refractivity contribution in [1.82, 2.24) is 20.1 Å². The van der Waals surface area contributed by atoms with Gasteiger partial charge in [0.15, 0.2) is 0 Å². The van der Waals surface area contributed by atoms with Crippen molar-refractivity contribution in [2.75, 3.05) is 12.4 Å². The standard InChI is InChI=1S/C13H17N5O/c1-10(11-3-5-15-6-4-11)17-12-7-16-18(8-12)9-13(19)14-2/h3-8,10,17H,9H2,1-2H3,(H,14,19). The van der Waals surface area contributed by atoms with Crippen molar-refractivity contribution in [3.8, 4) is 0 Å². The van der Waals surface area contributed by atoms with Crippen molar-refractivity contribution in [2.45, 2.75) is 19.5 Å². The van der Waals surface area contributed by atoms with Gasteiger partial charge < -0.3 is 10.6 Å². The van der Waals surface area contributed by atoms with Gasteiger partial charge in [-0.3, -0.25) is 14.5 Å². The molecule has 2 aromatic rings. The molecule has 0 fully saturated rings. The van der Waals surface area contributed by atoms with E-state index in [0.29, 0.717) is 0 Å². The van der Waals surface area contributed by atoms with E-state index in [2.05, 4.69) is 27.6 Å². The number of carbonyl (C=O) groups is 1. The van der Waals surface area contributed by atoms with Gasteiger partial charge in [0, 0.05) is 31.7 Å². The van der Waals surface area contributed by atoms with E-state index >= 15 is 0 Å². The summed E-state index contributed by atoms with van der Waals surface area (Å²) in [5.74, 6) is -0.0724. The first-order chi connectivity index (χ1) is 9.19. The van der Waals surface area contributed by atoms with Gasteiger partial charge in [-0.05, 0) is 24.6 Å². The zero-order chi connectivity index (χ0) is 13.7. The van der Waals surface area contributed by atoms with Crippen LogP contribution in [0.25, 0.3) is 0 Å². The highest BCUT2D eigenvalue weighted by atomic mass is 16.1. The fourth-order valence-electron chi connectivity index (χ4n) is 1.74. The van der Waals surface area contributed by atoms with Gasteiger partial charge in [0.05, 0.1) is 11.9 Å². The fraction of sp³-hybridized carbons (Fsp3) is 0.308. The van der Waals surface area contributed by atoms with E-state index in [1.807, 2.05) is 18.3 Å². The number of hydrogen-bond donors (Lipinski definition) is 2. The summed E-state index contributed by atoms with van der Waals surface area (Å²) in [6, 6.07) is 4.08. The topological polar surface area (TPSA) is 71.8 Å². The molecule has 0 spiro atoms. The monoisotopic (exact) mass is 259 g/mol. The number of pyridine rings is 1. The molecular formula is C13H17N5O. The largest absolute Gasteiger partial charge is 0.376 e. The molecule has 19 heavy (non-hydrogen) atoms. The molecule has 6 heteroatoms. The molecule has 2 aromatic heterocycles. The molecule has 1 amide bonds. The third kappa shape index (κ3) is 3.54. The summed E-state index contributed by atoms with van der Waals surface area (Å²) in [7, 11) is 1.61. The first-order valence-corrected chi connectivity index (χ1v) is 6.08. The Labute approximate surface area is 111 Å². The van der Waals surface area contributed by atoms with Gasteiger partial charge in [-0.1, -0.05) is 0 Å². The summed E-state index contributed by atoms with van der Waals surface area (Å²) in [6.45, 7) is 2.28. The number of carbonyl (C=O) groups excluding carboxylic acids is 1. The van der Waals surface area contributed by atoms with E-state index in [0.717, 1.165) is 11.3 Å². The first kappa shape index (κ1) is 13.1. The van der Waals surface area contributed by atoms with Crippen molar-refractivity contribution in [3.63, 3.8) is 0 Å². The average Bonchev–Trinajstić information content (AvgIpc) is 2.86. The second-order valence-electron chi connectivity index (χ2n) is 4.25. The second-order valence-corrected chi connectivity index (χ2v) is 4.25. The van der Waals surface area contributed by atoms with Crippen LogP contribution in [0.1, 0.15) is 18.5 Å². The molecule has 2 rings (SSSR count). The molecule has 0 aliphatic rings. The molecule has 1 atom stereocenters. The lowest BCUT2D eigenvalue weighted by Crippen LogP contribution is -2.23. The Balaban J connectivity index is 1.98. The third-order valence-electron chi connectivity index (χ3n) is 2.81. The van der Waals surface area contributed by atoms with E-state index in [1.165, 1.54) is 0 Å². The molecule has 0 saturated heterocycles. The Morgan fingerprint density at radius 3 is 2.84 bits per heavy atom. The van der Waals surface area contributed by atoms with Gasteiger partial charge >= 0.3 is 0 Å². The Morgan fingerprint density at radius 2 is 2.16 bits per heavy atom. The summed E-state index contributed by atoms with van der Waals surface area (Å²) in [5.41, 5.74) is 2.03.